The van der Waals surface area contributed by atoms with E-state index in [1.54, 1.807) is 4.90 Å². The van der Waals surface area contributed by atoms with Crippen LogP contribution < -0.4 is 0 Å². The Morgan fingerprint density at radius 1 is 1.22 bits per heavy atom. The van der Waals surface area contributed by atoms with Crippen LogP contribution in [0.1, 0.15) is 50.2 Å². The van der Waals surface area contributed by atoms with E-state index in [4.69, 9.17) is 0 Å². The van der Waals surface area contributed by atoms with Crippen LogP contribution >= 0.6 is 0 Å². The SMILES string of the molecule is Cc1ccc(CCCCC(=O)N2CCC[C@@H](C(=O)O)[C@H]2C)cc1. The zero-order valence-electron chi connectivity index (χ0n) is 14.1. The second-order valence-electron chi connectivity index (χ2n) is 6.61. The van der Waals surface area contributed by atoms with Crippen LogP contribution in [0.2, 0.25) is 0 Å². The van der Waals surface area contributed by atoms with E-state index in [9.17, 15) is 14.7 Å². The lowest BCUT2D eigenvalue weighted by Gasteiger charge is -2.37. The van der Waals surface area contributed by atoms with E-state index in [2.05, 4.69) is 31.2 Å². The lowest BCUT2D eigenvalue weighted by molar-refractivity contribution is -0.149. The highest BCUT2D eigenvalue weighted by atomic mass is 16.4. The highest BCUT2D eigenvalue weighted by Crippen LogP contribution is 2.24. The molecule has 2 atom stereocenters. The summed E-state index contributed by atoms with van der Waals surface area (Å²) in [6.07, 6.45) is 4.81. The first kappa shape index (κ1) is 17.5. The topological polar surface area (TPSA) is 57.6 Å². The van der Waals surface area contributed by atoms with Crippen LogP contribution in [-0.4, -0.2) is 34.5 Å². The van der Waals surface area contributed by atoms with Gasteiger partial charge >= 0.3 is 5.97 Å². The first-order valence-electron chi connectivity index (χ1n) is 8.57. The zero-order chi connectivity index (χ0) is 16.8. The number of aryl methyl sites for hydroxylation is 2. The number of carboxylic acids is 1. The Morgan fingerprint density at radius 2 is 1.91 bits per heavy atom. The monoisotopic (exact) mass is 317 g/mol. The van der Waals surface area contributed by atoms with E-state index < -0.39 is 11.9 Å². The average molecular weight is 317 g/mol. The summed E-state index contributed by atoms with van der Waals surface area (Å²) in [5, 5.41) is 9.23. The smallest absolute Gasteiger partial charge is 0.308 e. The van der Waals surface area contributed by atoms with Gasteiger partial charge in [-0.1, -0.05) is 29.8 Å². The molecule has 1 saturated heterocycles. The molecule has 0 radical (unpaired) electrons. The van der Waals surface area contributed by atoms with Gasteiger partial charge in [-0.2, -0.15) is 0 Å². The van der Waals surface area contributed by atoms with E-state index in [0.717, 1.165) is 25.7 Å². The number of nitrogens with zero attached hydrogens (tertiary/aromatic N) is 1. The Balaban J connectivity index is 1.75. The van der Waals surface area contributed by atoms with E-state index >= 15 is 0 Å². The third-order valence-corrected chi connectivity index (χ3v) is 4.85. The number of carbonyl (C=O) groups is 2. The molecule has 0 saturated carbocycles. The molecule has 1 fully saturated rings. The fourth-order valence-corrected chi connectivity index (χ4v) is 3.33. The minimum atomic E-state index is -0.783. The molecule has 0 bridgehead atoms. The second kappa shape index (κ2) is 8.14. The van der Waals surface area contributed by atoms with Gasteiger partial charge in [0, 0.05) is 19.0 Å². The maximum atomic E-state index is 12.4. The number of hydrogen-bond acceptors (Lipinski definition) is 2. The number of rotatable bonds is 6. The van der Waals surface area contributed by atoms with E-state index in [1.165, 1.54) is 11.1 Å². The van der Waals surface area contributed by atoms with Gasteiger partial charge < -0.3 is 10.0 Å². The summed E-state index contributed by atoms with van der Waals surface area (Å²) in [5.74, 6) is -1.10. The molecular formula is C19H27NO3. The minimum Gasteiger partial charge on any atom is -0.481 e. The number of hydrogen-bond donors (Lipinski definition) is 1. The Morgan fingerprint density at radius 3 is 2.57 bits per heavy atom. The number of carbonyl (C=O) groups excluding carboxylic acids is 1. The lowest BCUT2D eigenvalue weighted by atomic mass is 9.90. The Hall–Kier alpha value is -1.84. The fraction of sp³-hybridized carbons (Fsp3) is 0.579. The van der Waals surface area contributed by atoms with Crippen molar-refractivity contribution in [3.05, 3.63) is 35.4 Å². The van der Waals surface area contributed by atoms with Crippen LogP contribution in [0.15, 0.2) is 24.3 Å². The highest BCUT2D eigenvalue weighted by molar-refractivity contribution is 5.78. The van der Waals surface area contributed by atoms with Gasteiger partial charge in [0.1, 0.15) is 0 Å². The van der Waals surface area contributed by atoms with Crippen LogP contribution in [0, 0.1) is 12.8 Å². The third-order valence-electron chi connectivity index (χ3n) is 4.85. The maximum Gasteiger partial charge on any atom is 0.308 e. The summed E-state index contributed by atoms with van der Waals surface area (Å²) in [6.45, 7) is 4.64. The Bertz CT molecular complexity index is 538. The number of likely N-dealkylation sites (tertiary alicyclic amines) is 1. The van der Waals surface area contributed by atoms with Gasteiger partial charge in [-0.25, -0.2) is 0 Å². The molecule has 126 valence electrons. The van der Waals surface area contributed by atoms with Gasteiger partial charge in [-0.15, -0.1) is 0 Å². The molecule has 23 heavy (non-hydrogen) atoms. The molecule has 1 heterocycles. The van der Waals surface area contributed by atoms with Crippen molar-refractivity contribution in [1.82, 2.24) is 4.90 Å². The van der Waals surface area contributed by atoms with Crippen molar-refractivity contribution in [3.8, 4) is 0 Å². The van der Waals surface area contributed by atoms with Crippen molar-refractivity contribution >= 4 is 11.9 Å². The number of unbranched alkanes of at least 4 members (excludes halogenated alkanes) is 1. The largest absolute Gasteiger partial charge is 0.481 e. The summed E-state index contributed by atoms with van der Waals surface area (Å²) < 4.78 is 0. The van der Waals surface area contributed by atoms with Gasteiger partial charge in [0.15, 0.2) is 0 Å². The molecule has 1 aromatic rings. The zero-order valence-corrected chi connectivity index (χ0v) is 14.1. The van der Waals surface area contributed by atoms with E-state index in [0.29, 0.717) is 19.4 Å². The summed E-state index contributed by atoms with van der Waals surface area (Å²) in [4.78, 5) is 25.4. The second-order valence-corrected chi connectivity index (χ2v) is 6.61. The molecule has 4 nitrogen and oxygen atoms in total. The van der Waals surface area contributed by atoms with Gasteiger partial charge in [-0.3, -0.25) is 9.59 Å². The van der Waals surface area contributed by atoms with Crippen LogP contribution in [-0.2, 0) is 16.0 Å². The van der Waals surface area contributed by atoms with Crippen molar-refractivity contribution in [2.75, 3.05) is 6.54 Å². The molecule has 1 N–H and O–H groups in total. The normalized spacial score (nSPS) is 21.2. The van der Waals surface area contributed by atoms with Crippen molar-refractivity contribution in [2.45, 2.75) is 58.4 Å². The van der Waals surface area contributed by atoms with Crippen molar-refractivity contribution in [2.24, 2.45) is 5.92 Å². The molecule has 0 unspecified atom stereocenters. The van der Waals surface area contributed by atoms with Crippen LogP contribution in [0.3, 0.4) is 0 Å². The van der Waals surface area contributed by atoms with Gasteiger partial charge in [-0.05, 0) is 51.5 Å². The molecule has 0 aromatic heterocycles. The number of benzene rings is 1. The molecule has 2 rings (SSSR count). The molecule has 0 aliphatic carbocycles. The lowest BCUT2D eigenvalue weighted by Crippen LogP contribution is -2.49. The minimum absolute atomic E-state index is 0.104. The third kappa shape index (κ3) is 4.81. The van der Waals surface area contributed by atoms with Crippen LogP contribution in [0.4, 0.5) is 0 Å². The van der Waals surface area contributed by atoms with Crippen molar-refractivity contribution in [1.29, 1.82) is 0 Å². The fourth-order valence-electron chi connectivity index (χ4n) is 3.33. The van der Waals surface area contributed by atoms with E-state index in [1.807, 2.05) is 6.92 Å². The molecule has 1 aliphatic heterocycles. The Labute approximate surface area is 138 Å². The van der Waals surface area contributed by atoms with Crippen molar-refractivity contribution in [3.63, 3.8) is 0 Å². The molecule has 0 spiro atoms. The van der Waals surface area contributed by atoms with E-state index in [-0.39, 0.29) is 11.9 Å². The van der Waals surface area contributed by atoms with Crippen LogP contribution in [0.25, 0.3) is 0 Å². The predicted molar refractivity (Wildman–Crippen MR) is 90.3 cm³/mol. The maximum absolute atomic E-state index is 12.4. The quantitative estimate of drug-likeness (QED) is 0.818. The molecule has 1 aromatic carbocycles. The summed E-state index contributed by atoms with van der Waals surface area (Å²) in [5.41, 5.74) is 2.57. The molecule has 1 aliphatic rings. The number of aliphatic carboxylic acids is 1. The summed E-state index contributed by atoms with van der Waals surface area (Å²) in [6, 6.07) is 8.32. The first-order valence-corrected chi connectivity index (χ1v) is 8.57. The van der Waals surface area contributed by atoms with Gasteiger partial charge in [0.2, 0.25) is 5.91 Å². The van der Waals surface area contributed by atoms with Crippen LogP contribution in [0.5, 0.6) is 0 Å². The average Bonchev–Trinajstić information content (AvgIpc) is 2.53. The first-order chi connectivity index (χ1) is 11.0. The standard InChI is InChI=1S/C19H27NO3/c1-14-9-11-16(12-10-14)6-3-4-8-18(21)20-13-5-7-17(15(20)2)19(22)23/h9-12,15,17H,3-8,13H2,1-2H3,(H,22,23)/t15-,17-/m1/s1. The van der Waals surface area contributed by atoms with Gasteiger partial charge in [0.25, 0.3) is 0 Å². The molecular weight excluding hydrogens is 290 g/mol. The molecule has 1 amide bonds. The van der Waals surface area contributed by atoms with Gasteiger partial charge in [0.05, 0.1) is 5.92 Å². The van der Waals surface area contributed by atoms with Crippen molar-refractivity contribution < 1.29 is 14.7 Å². The number of carboxylic acid groups (broad SMARTS) is 1. The summed E-state index contributed by atoms with van der Waals surface area (Å²) in [7, 11) is 0. The highest BCUT2D eigenvalue weighted by Gasteiger charge is 2.34. The summed E-state index contributed by atoms with van der Waals surface area (Å²) >= 11 is 0. The number of piperidine rings is 1. The molecule has 4 heteroatoms. The number of amides is 1. The predicted octanol–water partition coefficient (Wildman–Crippen LogP) is 3.42. The Kier molecular flexibility index (Phi) is 6.20.